The van der Waals surface area contributed by atoms with Gasteiger partial charge >= 0.3 is 6.18 Å². The van der Waals surface area contributed by atoms with Crippen molar-refractivity contribution >= 4 is 22.5 Å². The Balaban J connectivity index is 1.51. The molecule has 2 N–H and O–H groups in total. The number of nitrogens with zero attached hydrogens (tertiary/aromatic N) is 2. The minimum absolute atomic E-state index is 0.00522. The van der Waals surface area contributed by atoms with E-state index in [1.807, 2.05) is 54.6 Å². The van der Waals surface area contributed by atoms with E-state index in [0.717, 1.165) is 34.9 Å². The molecular formula is C27H23F3N4O2. The van der Waals surface area contributed by atoms with Gasteiger partial charge in [-0.3, -0.25) is 4.79 Å². The van der Waals surface area contributed by atoms with Crippen LogP contribution in [0.1, 0.15) is 24.0 Å². The standard InChI is InChI=1S/C27H23F3N4O2/c28-27(29,30)18-10-12-22(23(14-18)36-16-17-6-2-1-3-7-17)25-20-8-4-5-9-21(20)26(34-33-25)31-15-19-11-13-24(35)32-19/h1-10,12,14,19H,11,13,15-16H2,(H,31,34)(H,32,35). The molecule has 0 bridgehead atoms. The van der Waals surface area contributed by atoms with Gasteiger partial charge in [-0.05, 0) is 30.2 Å². The summed E-state index contributed by atoms with van der Waals surface area (Å²) in [7, 11) is 0. The molecule has 5 rings (SSSR count). The average Bonchev–Trinajstić information content (AvgIpc) is 3.31. The van der Waals surface area contributed by atoms with Gasteiger partial charge < -0.3 is 15.4 Å². The number of aromatic nitrogens is 2. The molecule has 0 spiro atoms. The number of carbonyl (C=O) groups excluding carboxylic acids is 1. The Labute approximate surface area is 205 Å². The first-order chi connectivity index (χ1) is 17.4. The number of halogens is 3. The Morgan fingerprint density at radius 2 is 1.72 bits per heavy atom. The molecule has 9 heteroatoms. The summed E-state index contributed by atoms with van der Waals surface area (Å²) >= 11 is 0. The van der Waals surface area contributed by atoms with Crippen LogP contribution in [0.2, 0.25) is 0 Å². The van der Waals surface area contributed by atoms with Gasteiger partial charge in [-0.1, -0.05) is 54.6 Å². The first-order valence-electron chi connectivity index (χ1n) is 11.6. The topological polar surface area (TPSA) is 76.1 Å². The first kappa shape index (κ1) is 23.6. The van der Waals surface area contributed by atoms with Gasteiger partial charge in [0.25, 0.3) is 0 Å². The minimum atomic E-state index is -4.51. The van der Waals surface area contributed by atoms with Crippen LogP contribution in [0.3, 0.4) is 0 Å². The van der Waals surface area contributed by atoms with Crippen LogP contribution in [0.4, 0.5) is 19.0 Å². The van der Waals surface area contributed by atoms with E-state index in [4.69, 9.17) is 4.74 Å². The van der Waals surface area contributed by atoms with Gasteiger partial charge in [-0.25, -0.2) is 0 Å². The van der Waals surface area contributed by atoms with Crippen molar-refractivity contribution in [3.8, 4) is 17.0 Å². The van der Waals surface area contributed by atoms with E-state index in [1.165, 1.54) is 6.07 Å². The first-order valence-corrected chi connectivity index (χ1v) is 11.6. The third kappa shape index (κ3) is 5.10. The van der Waals surface area contributed by atoms with Gasteiger partial charge in [0.1, 0.15) is 18.1 Å². The molecule has 0 saturated carbocycles. The van der Waals surface area contributed by atoms with Crippen LogP contribution in [0.25, 0.3) is 22.0 Å². The number of benzene rings is 3. The monoisotopic (exact) mass is 492 g/mol. The van der Waals surface area contributed by atoms with E-state index in [1.54, 1.807) is 0 Å². The maximum absolute atomic E-state index is 13.5. The van der Waals surface area contributed by atoms with Crippen molar-refractivity contribution in [2.75, 3.05) is 11.9 Å². The highest BCUT2D eigenvalue weighted by molar-refractivity contribution is 6.01. The number of hydrogen-bond donors (Lipinski definition) is 2. The van der Waals surface area contributed by atoms with E-state index in [0.29, 0.717) is 30.0 Å². The van der Waals surface area contributed by atoms with Crippen molar-refractivity contribution in [3.05, 3.63) is 83.9 Å². The second-order valence-electron chi connectivity index (χ2n) is 8.61. The predicted octanol–water partition coefficient (Wildman–Crippen LogP) is 5.59. The molecule has 1 aliphatic rings. The molecule has 1 aliphatic heterocycles. The third-order valence-electron chi connectivity index (χ3n) is 6.09. The van der Waals surface area contributed by atoms with Crippen LogP contribution >= 0.6 is 0 Å². The number of alkyl halides is 3. The summed E-state index contributed by atoms with van der Waals surface area (Å²) in [4.78, 5) is 11.5. The number of anilines is 1. The van der Waals surface area contributed by atoms with Crippen molar-refractivity contribution < 1.29 is 22.7 Å². The summed E-state index contributed by atoms with van der Waals surface area (Å²) in [5, 5.41) is 16.4. The van der Waals surface area contributed by atoms with Gasteiger partial charge in [0.05, 0.1) is 5.56 Å². The summed E-state index contributed by atoms with van der Waals surface area (Å²) in [5.74, 6) is 0.634. The molecule has 1 unspecified atom stereocenters. The van der Waals surface area contributed by atoms with Crippen molar-refractivity contribution in [1.29, 1.82) is 0 Å². The molecule has 36 heavy (non-hydrogen) atoms. The van der Waals surface area contributed by atoms with Crippen LogP contribution in [-0.4, -0.2) is 28.7 Å². The van der Waals surface area contributed by atoms with Crippen molar-refractivity contribution in [2.45, 2.75) is 31.7 Å². The van der Waals surface area contributed by atoms with E-state index in [9.17, 15) is 18.0 Å². The number of rotatable bonds is 7. The predicted molar refractivity (Wildman–Crippen MR) is 130 cm³/mol. The molecule has 4 aromatic rings. The molecule has 3 aromatic carbocycles. The van der Waals surface area contributed by atoms with Crippen LogP contribution < -0.4 is 15.4 Å². The number of carbonyl (C=O) groups is 1. The fourth-order valence-corrected chi connectivity index (χ4v) is 4.23. The summed E-state index contributed by atoms with van der Waals surface area (Å²) in [6.07, 6.45) is -3.28. The summed E-state index contributed by atoms with van der Waals surface area (Å²) < 4.78 is 46.4. The van der Waals surface area contributed by atoms with E-state index in [-0.39, 0.29) is 24.3 Å². The SMILES string of the molecule is O=C1CCC(CNc2nnc(-c3ccc(C(F)(F)F)cc3OCc3ccccc3)c3ccccc23)N1. The molecule has 0 radical (unpaired) electrons. The highest BCUT2D eigenvalue weighted by Crippen LogP contribution is 2.39. The van der Waals surface area contributed by atoms with Gasteiger partial charge in [0, 0.05) is 35.3 Å². The van der Waals surface area contributed by atoms with Gasteiger partial charge in [-0.15, -0.1) is 10.2 Å². The second-order valence-corrected chi connectivity index (χ2v) is 8.61. The number of hydrogen-bond acceptors (Lipinski definition) is 5. The van der Waals surface area contributed by atoms with Crippen molar-refractivity contribution in [3.63, 3.8) is 0 Å². The average molecular weight is 493 g/mol. The largest absolute Gasteiger partial charge is 0.488 e. The van der Waals surface area contributed by atoms with E-state index < -0.39 is 11.7 Å². The Kier molecular flexibility index (Phi) is 6.45. The Morgan fingerprint density at radius 1 is 0.972 bits per heavy atom. The molecule has 184 valence electrons. The zero-order valence-electron chi connectivity index (χ0n) is 19.2. The fourth-order valence-electron chi connectivity index (χ4n) is 4.23. The molecular weight excluding hydrogens is 469 g/mol. The lowest BCUT2D eigenvalue weighted by Crippen LogP contribution is -2.32. The van der Waals surface area contributed by atoms with Crippen LogP contribution in [0.5, 0.6) is 5.75 Å². The van der Waals surface area contributed by atoms with E-state index in [2.05, 4.69) is 20.8 Å². The quantitative estimate of drug-likeness (QED) is 0.352. The fraction of sp³-hybridized carbons (Fsp3) is 0.222. The molecule has 1 atom stereocenters. The molecule has 1 saturated heterocycles. The van der Waals surface area contributed by atoms with Crippen LogP contribution in [0, 0.1) is 0 Å². The van der Waals surface area contributed by atoms with Gasteiger partial charge in [0.15, 0.2) is 5.82 Å². The van der Waals surface area contributed by atoms with Gasteiger partial charge in [-0.2, -0.15) is 13.2 Å². The smallest absolute Gasteiger partial charge is 0.416 e. The minimum Gasteiger partial charge on any atom is -0.488 e. The van der Waals surface area contributed by atoms with Crippen molar-refractivity contribution in [2.24, 2.45) is 0 Å². The summed E-state index contributed by atoms with van der Waals surface area (Å²) in [6.45, 7) is 0.600. The lowest BCUT2D eigenvalue weighted by molar-refractivity contribution is -0.137. The summed E-state index contributed by atoms with van der Waals surface area (Å²) in [6, 6.07) is 20.0. The lowest BCUT2D eigenvalue weighted by Gasteiger charge is -2.17. The molecule has 1 aromatic heterocycles. The third-order valence-corrected chi connectivity index (χ3v) is 6.09. The maximum atomic E-state index is 13.5. The molecule has 6 nitrogen and oxygen atoms in total. The normalized spacial score (nSPS) is 15.6. The number of amides is 1. The molecule has 1 amide bonds. The zero-order valence-corrected chi connectivity index (χ0v) is 19.2. The number of fused-ring (bicyclic) bond motifs is 1. The van der Waals surface area contributed by atoms with Crippen LogP contribution in [-0.2, 0) is 17.6 Å². The lowest BCUT2D eigenvalue weighted by atomic mass is 10.0. The molecule has 0 aliphatic carbocycles. The van der Waals surface area contributed by atoms with Crippen LogP contribution in [0.15, 0.2) is 72.8 Å². The molecule has 1 fully saturated rings. The highest BCUT2D eigenvalue weighted by atomic mass is 19.4. The maximum Gasteiger partial charge on any atom is 0.416 e. The number of ether oxygens (including phenoxy) is 1. The molecule has 2 heterocycles. The van der Waals surface area contributed by atoms with E-state index >= 15 is 0 Å². The van der Waals surface area contributed by atoms with Crippen molar-refractivity contribution in [1.82, 2.24) is 15.5 Å². The highest BCUT2D eigenvalue weighted by Gasteiger charge is 2.32. The Hall–Kier alpha value is -4.14. The van der Waals surface area contributed by atoms with Gasteiger partial charge in [0.2, 0.25) is 5.91 Å². The zero-order chi connectivity index (χ0) is 25.1. The second kappa shape index (κ2) is 9.85. The summed E-state index contributed by atoms with van der Waals surface area (Å²) in [5.41, 5.74) is 0.859. The Bertz CT molecular complexity index is 1390. The Morgan fingerprint density at radius 3 is 2.44 bits per heavy atom. The number of nitrogens with one attached hydrogen (secondary N) is 2.